The highest BCUT2D eigenvalue weighted by Crippen LogP contribution is 2.37. The van der Waals surface area contributed by atoms with E-state index in [0.717, 1.165) is 0 Å². The van der Waals surface area contributed by atoms with Crippen LogP contribution in [-0.4, -0.2) is 36.5 Å². The summed E-state index contributed by atoms with van der Waals surface area (Å²) < 4.78 is 11.2. The fraction of sp³-hybridized carbons (Fsp3) is 0.200. The molecule has 0 saturated heterocycles. The molecule has 3 rings (SSSR count). The zero-order valence-electron chi connectivity index (χ0n) is 15.0. The molecule has 0 unspecified atom stereocenters. The van der Waals surface area contributed by atoms with Gasteiger partial charge in [0.25, 0.3) is 11.8 Å². The van der Waals surface area contributed by atoms with E-state index < -0.39 is 0 Å². The molecule has 0 spiro atoms. The summed E-state index contributed by atoms with van der Waals surface area (Å²) in [7, 11) is 0. The molecule has 2 aromatic carbocycles. The van der Waals surface area contributed by atoms with Gasteiger partial charge in [0.05, 0.1) is 27.8 Å². The van der Waals surface area contributed by atoms with Gasteiger partial charge in [0.2, 0.25) is 0 Å². The number of hydrogen-bond donors (Lipinski definition) is 0. The number of imide groups is 1. The van der Waals surface area contributed by atoms with Gasteiger partial charge < -0.3 is 9.47 Å². The molecule has 0 aromatic heterocycles. The lowest BCUT2D eigenvalue weighted by Gasteiger charge is -2.15. The van der Waals surface area contributed by atoms with E-state index >= 15 is 0 Å². The average Bonchev–Trinajstić information content (AvgIpc) is 2.91. The van der Waals surface area contributed by atoms with Gasteiger partial charge in [-0.2, -0.15) is 0 Å². The van der Waals surface area contributed by atoms with Crippen molar-refractivity contribution in [3.8, 4) is 11.5 Å². The summed E-state index contributed by atoms with van der Waals surface area (Å²) in [5.74, 6) is 0.140. The lowest BCUT2D eigenvalue weighted by molar-refractivity contribution is 0.0646. The third-order valence-corrected chi connectivity index (χ3v) is 4.98. The van der Waals surface area contributed by atoms with Crippen molar-refractivity contribution in [1.29, 1.82) is 0 Å². The quantitative estimate of drug-likeness (QED) is 0.360. The maximum Gasteiger partial charge on any atom is 0.261 e. The van der Waals surface area contributed by atoms with Gasteiger partial charge in [-0.15, -0.1) is 0 Å². The lowest BCUT2D eigenvalue weighted by atomic mass is 10.1. The van der Waals surface area contributed by atoms with Gasteiger partial charge >= 0.3 is 0 Å². The van der Waals surface area contributed by atoms with Crippen LogP contribution in [0.4, 0.5) is 0 Å². The maximum absolute atomic E-state index is 12.3. The monoisotopic (exact) mass is 473 g/mol. The van der Waals surface area contributed by atoms with Crippen LogP contribution in [0.15, 0.2) is 47.0 Å². The molecule has 0 saturated carbocycles. The Bertz CT molecular complexity index is 915. The van der Waals surface area contributed by atoms with Crippen LogP contribution in [0.5, 0.6) is 11.5 Å². The van der Waals surface area contributed by atoms with Crippen LogP contribution in [-0.2, 0) is 0 Å². The molecule has 1 aliphatic heterocycles. The predicted molar refractivity (Wildman–Crippen MR) is 114 cm³/mol. The molecule has 1 heterocycles. The summed E-state index contributed by atoms with van der Waals surface area (Å²) >= 11 is 23.5. The first kappa shape index (κ1) is 21.8. The molecule has 0 N–H and O–H groups in total. The Labute approximate surface area is 187 Å². The Morgan fingerprint density at radius 2 is 1.55 bits per heavy atom. The van der Waals surface area contributed by atoms with Crippen LogP contribution in [0.2, 0.25) is 10.0 Å². The van der Waals surface area contributed by atoms with Gasteiger partial charge in [0, 0.05) is 18.7 Å². The van der Waals surface area contributed by atoms with Crippen LogP contribution in [0.3, 0.4) is 0 Å². The minimum atomic E-state index is -0.297. The Hall–Kier alpha value is -1.92. The largest absolute Gasteiger partial charge is 0.490 e. The fourth-order valence-electron chi connectivity index (χ4n) is 2.80. The number of amides is 2. The number of hydrogen-bond acceptors (Lipinski definition) is 4. The Morgan fingerprint density at radius 1 is 0.966 bits per heavy atom. The summed E-state index contributed by atoms with van der Waals surface area (Å²) in [4.78, 5) is 25.9. The topological polar surface area (TPSA) is 55.8 Å². The van der Waals surface area contributed by atoms with Crippen LogP contribution in [0.25, 0.3) is 0 Å². The summed E-state index contributed by atoms with van der Waals surface area (Å²) in [6.45, 7) is 0.613. The second-order valence-corrected chi connectivity index (χ2v) is 7.85. The van der Waals surface area contributed by atoms with Crippen molar-refractivity contribution < 1.29 is 19.1 Å². The van der Waals surface area contributed by atoms with Gasteiger partial charge in [0.15, 0.2) is 5.75 Å². The number of carbonyl (C=O) groups is 2. The molecule has 0 radical (unpaired) electrons. The van der Waals surface area contributed by atoms with E-state index in [1.807, 2.05) is 0 Å². The zero-order chi connectivity index (χ0) is 21.0. The Kier molecular flexibility index (Phi) is 7.30. The number of fused-ring (bicyclic) bond motifs is 1. The highest BCUT2D eigenvalue weighted by Gasteiger charge is 2.34. The highest BCUT2D eigenvalue weighted by atomic mass is 35.5. The van der Waals surface area contributed by atoms with Crippen molar-refractivity contribution in [1.82, 2.24) is 4.90 Å². The van der Waals surface area contributed by atoms with Crippen LogP contribution >= 0.6 is 46.4 Å². The standard InChI is InChI=1S/C20H15Cl4NO4/c21-15-10-12(28-9-6-17(23)24)11-16(22)18(15)29-8-3-7-25-19(26)13-4-1-2-5-14(13)20(25)27/h1-2,4-6,10-11H,3,7-9H2. The van der Waals surface area contributed by atoms with E-state index in [1.165, 1.54) is 11.0 Å². The first-order chi connectivity index (χ1) is 13.9. The number of halogens is 4. The Morgan fingerprint density at radius 3 is 2.10 bits per heavy atom. The van der Waals surface area contributed by atoms with Crippen molar-refractivity contribution in [3.05, 3.63) is 68.1 Å². The van der Waals surface area contributed by atoms with E-state index in [2.05, 4.69) is 0 Å². The normalized spacial score (nSPS) is 12.8. The third kappa shape index (κ3) is 5.17. The summed E-state index contributed by atoms with van der Waals surface area (Å²) in [6.07, 6.45) is 1.91. The number of benzene rings is 2. The van der Waals surface area contributed by atoms with Crippen molar-refractivity contribution in [3.63, 3.8) is 0 Å². The van der Waals surface area contributed by atoms with Crippen LogP contribution in [0.1, 0.15) is 27.1 Å². The summed E-state index contributed by atoms with van der Waals surface area (Å²) in [6, 6.07) is 9.87. The number of rotatable bonds is 8. The number of carbonyl (C=O) groups excluding carboxylic acids is 2. The molecule has 0 aliphatic carbocycles. The first-order valence-electron chi connectivity index (χ1n) is 8.59. The smallest absolute Gasteiger partial charge is 0.261 e. The molecule has 2 amide bonds. The van der Waals surface area contributed by atoms with Crippen molar-refractivity contribution in [2.24, 2.45) is 0 Å². The van der Waals surface area contributed by atoms with Gasteiger partial charge in [-0.3, -0.25) is 14.5 Å². The second kappa shape index (κ2) is 9.72. The van der Waals surface area contributed by atoms with Crippen molar-refractivity contribution >= 4 is 58.2 Å². The molecule has 0 atom stereocenters. The molecule has 0 bridgehead atoms. The average molecular weight is 475 g/mol. The van der Waals surface area contributed by atoms with Crippen LogP contribution < -0.4 is 9.47 Å². The highest BCUT2D eigenvalue weighted by molar-refractivity contribution is 6.55. The molecule has 1 aliphatic rings. The van der Waals surface area contributed by atoms with Gasteiger partial charge in [-0.05, 0) is 24.6 Å². The predicted octanol–water partition coefficient (Wildman–Crippen LogP) is 5.76. The van der Waals surface area contributed by atoms with E-state index in [-0.39, 0.29) is 46.1 Å². The minimum Gasteiger partial charge on any atom is -0.490 e. The molecule has 152 valence electrons. The van der Waals surface area contributed by atoms with Gasteiger partial charge in [0.1, 0.15) is 16.8 Å². The van der Waals surface area contributed by atoms with E-state index in [0.29, 0.717) is 29.0 Å². The molecule has 2 aromatic rings. The SMILES string of the molecule is O=C1c2ccccc2C(=O)N1CCCOc1c(Cl)cc(OCC=C(Cl)Cl)cc1Cl. The lowest BCUT2D eigenvalue weighted by Crippen LogP contribution is -2.31. The van der Waals surface area contributed by atoms with Crippen molar-refractivity contribution in [2.75, 3.05) is 19.8 Å². The van der Waals surface area contributed by atoms with E-state index in [9.17, 15) is 9.59 Å². The Balaban J connectivity index is 1.54. The van der Waals surface area contributed by atoms with Crippen molar-refractivity contribution in [2.45, 2.75) is 6.42 Å². The van der Waals surface area contributed by atoms with E-state index in [1.54, 1.807) is 36.4 Å². The molecule has 9 heteroatoms. The fourth-order valence-corrected chi connectivity index (χ4v) is 3.50. The molecule has 5 nitrogen and oxygen atoms in total. The minimum absolute atomic E-state index is 0.0974. The maximum atomic E-state index is 12.3. The van der Waals surface area contributed by atoms with Gasteiger partial charge in [-0.1, -0.05) is 58.5 Å². The zero-order valence-corrected chi connectivity index (χ0v) is 18.0. The van der Waals surface area contributed by atoms with Crippen LogP contribution in [0, 0.1) is 0 Å². The molecule has 29 heavy (non-hydrogen) atoms. The number of ether oxygens (including phenoxy) is 2. The third-order valence-electron chi connectivity index (χ3n) is 4.11. The first-order valence-corrected chi connectivity index (χ1v) is 10.1. The molecular weight excluding hydrogens is 460 g/mol. The number of nitrogens with zero attached hydrogens (tertiary/aromatic N) is 1. The summed E-state index contributed by atoms with van der Waals surface area (Å²) in [5.41, 5.74) is 0.843. The van der Waals surface area contributed by atoms with E-state index in [4.69, 9.17) is 55.9 Å². The second-order valence-electron chi connectivity index (χ2n) is 6.03. The summed E-state index contributed by atoms with van der Waals surface area (Å²) in [5, 5.41) is 0.545. The molecule has 0 fully saturated rings. The van der Waals surface area contributed by atoms with Gasteiger partial charge in [-0.25, -0.2) is 0 Å². The molecular formula is C20H15Cl4NO4.